The Labute approximate surface area is 184 Å². The molecule has 0 nitrogen and oxygen atoms in total. The average Bonchev–Trinajstić information content (AvgIpc) is 2.85. The van der Waals surface area contributed by atoms with E-state index < -0.39 is 0 Å². The van der Waals surface area contributed by atoms with Gasteiger partial charge in [0.15, 0.2) is 0 Å². The molecule has 5 rings (SSSR count). The van der Waals surface area contributed by atoms with Gasteiger partial charge in [-0.15, -0.1) is 0 Å². The second kappa shape index (κ2) is 8.45. The fourth-order valence-electron chi connectivity index (χ4n) is 4.09. The van der Waals surface area contributed by atoms with Crippen molar-refractivity contribution in [3.8, 4) is 44.5 Å². The number of rotatable bonds is 4. The first-order chi connectivity index (χ1) is 15.3. The van der Waals surface area contributed by atoms with Crippen LogP contribution in [-0.2, 0) is 0 Å². The van der Waals surface area contributed by atoms with E-state index in [2.05, 4.69) is 134 Å². The Bertz CT molecular complexity index is 1180. The predicted octanol–water partition coefficient (Wildman–Crippen LogP) is 8.66. The molecule has 5 aromatic carbocycles. The lowest BCUT2D eigenvalue weighted by atomic mass is 9.94. The molecule has 0 N–H and O–H groups in total. The maximum absolute atomic E-state index is 2.29. The van der Waals surface area contributed by atoms with E-state index in [0.29, 0.717) is 0 Å². The minimum atomic E-state index is 1.24. The second-order valence-corrected chi connectivity index (χ2v) is 7.97. The summed E-state index contributed by atoms with van der Waals surface area (Å²) in [4.78, 5) is 0. The van der Waals surface area contributed by atoms with Gasteiger partial charge in [-0.2, -0.15) is 0 Å². The first-order valence-electron chi connectivity index (χ1n) is 10.7. The van der Waals surface area contributed by atoms with Crippen LogP contribution in [0.1, 0.15) is 5.56 Å². The zero-order chi connectivity index (χ0) is 21.0. The van der Waals surface area contributed by atoms with Crippen LogP contribution < -0.4 is 0 Å². The van der Waals surface area contributed by atoms with Crippen LogP contribution in [0.2, 0.25) is 0 Å². The summed E-state index contributed by atoms with van der Waals surface area (Å²) in [5, 5.41) is 0. The average molecular weight is 397 g/mol. The molecule has 0 aromatic heterocycles. The summed E-state index contributed by atoms with van der Waals surface area (Å²) in [5.41, 5.74) is 11.2. The van der Waals surface area contributed by atoms with Crippen molar-refractivity contribution in [3.05, 3.63) is 133 Å². The second-order valence-electron chi connectivity index (χ2n) is 7.97. The Hall–Kier alpha value is -3.90. The van der Waals surface area contributed by atoms with E-state index in [1.54, 1.807) is 0 Å². The van der Waals surface area contributed by atoms with Crippen LogP contribution in [0.3, 0.4) is 0 Å². The molecule has 0 fully saturated rings. The maximum Gasteiger partial charge on any atom is -0.0175 e. The van der Waals surface area contributed by atoms with Gasteiger partial charge in [0.2, 0.25) is 0 Å². The number of hydrogen-bond acceptors (Lipinski definition) is 0. The van der Waals surface area contributed by atoms with Gasteiger partial charge in [0.25, 0.3) is 0 Å². The molecule has 0 aliphatic carbocycles. The first kappa shape index (κ1) is 19.1. The van der Waals surface area contributed by atoms with Gasteiger partial charge < -0.3 is 0 Å². The molecule has 5 aromatic rings. The lowest BCUT2D eigenvalue weighted by molar-refractivity contribution is 1.46. The molecule has 0 aliphatic rings. The SMILES string of the molecule is Cc1cc(-c2ccc(-c3ccccc3)cc2)cc(-c2ccc(-c3ccccc3)cc2)c1. The Morgan fingerprint density at radius 3 is 0.935 bits per heavy atom. The van der Waals surface area contributed by atoms with E-state index in [9.17, 15) is 0 Å². The van der Waals surface area contributed by atoms with Crippen molar-refractivity contribution in [2.45, 2.75) is 6.92 Å². The van der Waals surface area contributed by atoms with E-state index >= 15 is 0 Å². The third-order valence-corrected chi connectivity index (χ3v) is 5.73. The normalized spacial score (nSPS) is 10.7. The summed E-state index contributed by atoms with van der Waals surface area (Å²) in [6, 6.07) is 45.6. The minimum Gasteiger partial charge on any atom is -0.0622 e. The minimum absolute atomic E-state index is 1.24. The maximum atomic E-state index is 2.29. The van der Waals surface area contributed by atoms with Crippen LogP contribution in [0.5, 0.6) is 0 Å². The van der Waals surface area contributed by atoms with E-state index in [4.69, 9.17) is 0 Å². The van der Waals surface area contributed by atoms with Crippen LogP contribution in [0, 0.1) is 6.92 Å². The van der Waals surface area contributed by atoms with Crippen molar-refractivity contribution in [2.75, 3.05) is 0 Å². The summed E-state index contributed by atoms with van der Waals surface area (Å²) in [7, 11) is 0. The fourth-order valence-corrected chi connectivity index (χ4v) is 4.09. The third-order valence-electron chi connectivity index (χ3n) is 5.73. The molecule has 0 bridgehead atoms. The number of benzene rings is 5. The molecule has 31 heavy (non-hydrogen) atoms. The first-order valence-corrected chi connectivity index (χ1v) is 10.7. The molecule has 0 amide bonds. The van der Waals surface area contributed by atoms with Gasteiger partial charge in [0.1, 0.15) is 0 Å². The lowest BCUT2D eigenvalue weighted by Crippen LogP contribution is -1.86. The van der Waals surface area contributed by atoms with Gasteiger partial charge in [0, 0.05) is 0 Å². The van der Waals surface area contributed by atoms with Crippen LogP contribution >= 0.6 is 0 Å². The van der Waals surface area contributed by atoms with Crippen molar-refractivity contribution < 1.29 is 0 Å². The van der Waals surface area contributed by atoms with Crippen molar-refractivity contribution in [3.63, 3.8) is 0 Å². The van der Waals surface area contributed by atoms with Gasteiger partial charge in [-0.3, -0.25) is 0 Å². The molecule has 0 radical (unpaired) electrons. The zero-order valence-corrected chi connectivity index (χ0v) is 17.6. The standard InChI is InChI=1S/C31H24/c1-23-20-30(28-16-12-26(13-17-28)24-8-4-2-5-9-24)22-31(21-23)29-18-14-27(15-19-29)25-10-6-3-7-11-25/h2-22H,1H3. The van der Waals surface area contributed by atoms with Crippen molar-refractivity contribution >= 4 is 0 Å². The summed E-state index contributed by atoms with van der Waals surface area (Å²) in [6.45, 7) is 2.17. The quantitative estimate of drug-likeness (QED) is 0.285. The van der Waals surface area contributed by atoms with Crippen LogP contribution in [-0.4, -0.2) is 0 Å². The predicted molar refractivity (Wildman–Crippen MR) is 133 cm³/mol. The van der Waals surface area contributed by atoms with E-state index in [1.165, 1.54) is 50.1 Å². The molecule has 0 saturated carbocycles. The van der Waals surface area contributed by atoms with Crippen molar-refractivity contribution in [1.29, 1.82) is 0 Å². The van der Waals surface area contributed by atoms with Gasteiger partial charge >= 0.3 is 0 Å². The summed E-state index contributed by atoms with van der Waals surface area (Å²) < 4.78 is 0. The monoisotopic (exact) mass is 396 g/mol. The number of aryl methyl sites for hydroxylation is 1. The van der Waals surface area contributed by atoms with Gasteiger partial charge in [0.05, 0.1) is 0 Å². The molecule has 0 saturated heterocycles. The molecule has 0 aliphatic heterocycles. The Morgan fingerprint density at radius 1 is 0.290 bits per heavy atom. The fraction of sp³-hybridized carbons (Fsp3) is 0.0323. The summed E-state index contributed by atoms with van der Waals surface area (Å²) >= 11 is 0. The van der Waals surface area contributed by atoms with Crippen LogP contribution in [0.4, 0.5) is 0 Å². The highest BCUT2D eigenvalue weighted by molar-refractivity contribution is 5.77. The molecule has 0 heteroatoms. The molecule has 0 unspecified atom stereocenters. The van der Waals surface area contributed by atoms with E-state index in [1.807, 2.05) is 0 Å². The third kappa shape index (κ3) is 4.20. The molecule has 0 spiro atoms. The molecule has 0 heterocycles. The van der Waals surface area contributed by atoms with Crippen LogP contribution in [0.15, 0.2) is 127 Å². The van der Waals surface area contributed by atoms with Crippen molar-refractivity contribution in [2.24, 2.45) is 0 Å². The molecular weight excluding hydrogens is 372 g/mol. The van der Waals surface area contributed by atoms with E-state index in [-0.39, 0.29) is 0 Å². The number of hydrogen-bond donors (Lipinski definition) is 0. The van der Waals surface area contributed by atoms with Gasteiger partial charge in [-0.05, 0) is 63.1 Å². The Morgan fingerprint density at radius 2 is 0.581 bits per heavy atom. The highest BCUT2D eigenvalue weighted by Crippen LogP contribution is 2.31. The lowest BCUT2D eigenvalue weighted by Gasteiger charge is -2.10. The molecular formula is C31H24. The molecule has 148 valence electrons. The van der Waals surface area contributed by atoms with Gasteiger partial charge in [-0.1, -0.05) is 121 Å². The van der Waals surface area contributed by atoms with Gasteiger partial charge in [-0.25, -0.2) is 0 Å². The van der Waals surface area contributed by atoms with Crippen LogP contribution in [0.25, 0.3) is 44.5 Å². The topological polar surface area (TPSA) is 0 Å². The molecule has 0 atom stereocenters. The van der Waals surface area contributed by atoms with Crippen molar-refractivity contribution in [1.82, 2.24) is 0 Å². The highest BCUT2D eigenvalue weighted by atomic mass is 14.1. The zero-order valence-electron chi connectivity index (χ0n) is 17.6. The summed E-state index contributed by atoms with van der Waals surface area (Å²) in [5.74, 6) is 0. The smallest absolute Gasteiger partial charge is 0.0175 e. The largest absolute Gasteiger partial charge is 0.0622 e. The van der Waals surface area contributed by atoms with E-state index in [0.717, 1.165) is 0 Å². The Balaban J connectivity index is 1.45. The summed E-state index contributed by atoms with van der Waals surface area (Å²) in [6.07, 6.45) is 0. The Kier molecular flexibility index (Phi) is 5.21. The highest BCUT2D eigenvalue weighted by Gasteiger charge is 2.06.